The van der Waals surface area contributed by atoms with E-state index in [9.17, 15) is 13.2 Å². The zero-order valence-electron chi connectivity index (χ0n) is 19.3. The molecule has 1 aliphatic heterocycles. The molecule has 0 atom stereocenters. The fourth-order valence-corrected chi connectivity index (χ4v) is 4.92. The molecule has 3 N–H and O–H groups in total. The first kappa shape index (κ1) is 22.8. The third kappa shape index (κ3) is 4.41. The first-order valence-corrected chi connectivity index (χ1v) is 12.6. The van der Waals surface area contributed by atoms with Gasteiger partial charge in [-0.05, 0) is 60.2 Å². The molecule has 0 bridgehead atoms. The van der Waals surface area contributed by atoms with Crippen molar-refractivity contribution in [3.8, 4) is 5.69 Å². The number of sulfonamides is 1. The lowest BCUT2D eigenvalue weighted by molar-refractivity contribution is 0.101. The third-order valence-corrected chi connectivity index (χ3v) is 6.83. The maximum atomic E-state index is 13.3. The van der Waals surface area contributed by atoms with Crippen LogP contribution in [-0.2, 0) is 10.0 Å². The number of nitrogens with one attached hydrogen (secondary N) is 1. The molecule has 35 heavy (non-hydrogen) atoms. The SMILES string of the molecule is Cc1cc(C(=O)Nc2ccc(C3=NCCN3C)cc2)n(-c2cc3ccccc3cc2S(N)(=O)=O)n1. The molecule has 178 valence electrons. The molecule has 0 saturated heterocycles. The van der Waals surface area contributed by atoms with Gasteiger partial charge in [-0.2, -0.15) is 5.10 Å². The van der Waals surface area contributed by atoms with Crippen molar-refractivity contribution < 1.29 is 13.2 Å². The van der Waals surface area contributed by atoms with Crippen molar-refractivity contribution in [3.05, 3.63) is 83.7 Å². The van der Waals surface area contributed by atoms with Crippen LogP contribution >= 0.6 is 0 Å². The average molecular weight is 489 g/mol. The highest BCUT2D eigenvalue weighted by Gasteiger charge is 2.23. The summed E-state index contributed by atoms with van der Waals surface area (Å²) in [6, 6.07) is 19.5. The van der Waals surface area contributed by atoms with Crippen LogP contribution in [-0.4, -0.2) is 55.0 Å². The van der Waals surface area contributed by atoms with Gasteiger partial charge in [0.25, 0.3) is 5.91 Å². The van der Waals surface area contributed by atoms with Crippen LogP contribution in [0.15, 0.2) is 76.6 Å². The zero-order valence-corrected chi connectivity index (χ0v) is 20.1. The largest absolute Gasteiger partial charge is 0.358 e. The van der Waals surface area contributed by atoms with Gasteiger partial charge in [0.05, 0.1) is 17.9 Å². The molecule has 9 nitrogen and oxygen atoms in total. The predicted molar refractivity (Wildman–Crippen MR) is 136 cm³/mol. The van der Waals surface area contributed by atoms with Gasteiger partial charge < -0.3 is 10.2 Å². The number of likely N-dealkylation sites (N-methyl/N-ethyl adjacent to an activating group) is 1. The Labute approximate surface area is 202 Å². The first-order valence-electron chi connectivity index (χ1n) is 11.0. The number of primary sulfonamides is 1. The van der Waals surface area contributed by atoms with Crippen molar-refractivity contribution in [2.24, 2.45) is 10.1 Å². The number of amides is 1. The van der Waals surface area contributed by atoms with Gasteiger partial charge in [0, 0.05) is 24.8 Å². The van der Waals surface area contributed by atoms with Gasteiger partial charge >= 0.3 is 0 Å². The minimum Gasteiger partial charge on any atom is -0.358 e. The molecule has 0 spiro atoms. The number of nitrogens with two attached hydrogens (primary N) is 1. The summed E-state index contributed by atoms with van der Waals surface area (Å²) in [5.74, 6) is 0.491. The second-order valence-corrected chi connectivity index (χ2v) is 9.98. The Morgan fingerprint density at radius 3 is 2.34 bits per heavy atom. The van der Waals surface area contributed by atoms with Crippen LogP contribution in [0.4, 0.5) is 5.69 Å². The Balaban J connectivity index is 1.51. The summed E-state index contributed by atoms with van der Waals surface area (Å²) in [5.41, 5.74) is 2.52. The summed E-state index contributed by atoms with van der Waals surface area (Å²) < 4.78 is 26.2. The number of aromatic nitrogens is 2. The van der Waals surface area contributed by atoms with Crippen LogP contribution in [0.1, 0.15) is 21.7 Å². The van der Waals surface area contributed by atoms with Crippen LogP contribution in [0.3, 0.4) is 0 Å². The number of carbonyl (C=O) groups excluding carboxylic acids is 1. The summed E-state index contributed by atoms with van der Waals surface area (Å²) in [6.45, 7) is 3.38. The van der Waals surface area contributed by atoms with Gasteiger partial charge in [-0.15, -0.1) is 0 Å². The topological polar surface area (TPSA) is 123 Å². The van der Waals surface area contributed by atoms with E-state index in [4.69, 9.17) is 5.14 Å². The second-order valence-electron chi connectivity index (χ2n) is 8.45. The highest BCUT2D eigenvalue weighted by molar-refractivity contribution is 7.89. The number of hydrogen-bond acceptors (Lipinski definition) is 6. The van der Waals surface area contributed by atoms with E-state index in [2.05, 4.69) is 20.3 Å². The van der Waals surface area contributed by atoms with Crippen molar-refractivity contribution in [2.45, 2.75) is 11.8 Å². The Kier molecular flexibility index (Phi) is 5.62. The van der Waals surface area contributed by atoms with Crippen LogP contribution < -0.4 is 10.5 Å². The van der Waals surface area contributed by atoms with E-state index in [0.29, 0.717) is 16.8 Å². The van der Waals surface area contributed by atoms with E-state index in [1.54, 1.807) is 37.3 Å². The molecular formula is C25H24N6O3S. The number of amidine groups is 1. The number of benzene rings is 3. The first-order chi connectivity index (χ1) is 16.7. The quantitative estimate of drug-likeness (QED) is 0.447. The highest BCUT2D eigenvalue weighted by atomic mass is 32.2. The van der Waals surface area contributed by atoms with Gasteiger partial charge in [-0.3, -0.25) is 9.79 Å². The predicted octanol–water partition coefficient (Wildman–Crippen LogP) is 2.93. The summed E-state index contributed by atoms with van der Waals surface area (Å²) in [6.07, 6.45) is 0. The number of aliphatic imine (C=N–C) groups is 1. The minimum atomic E-state index is -4.09. The second kappa shape index (κ2) is 8.64. The monoisotopic (exact) mass is 488 g/mol. The van der Waals surface area contributed by atoms with E-state index in [1.165, 1.54) is 10.7 Å². The number of aryl methyl sites for hydroxylation is 1. The molecule has 0 saturated carbocycles. The molecule has 3 aromatic carbocycles. The number of rotatable bonds is 5. The Hall–Kier alpha value is -4.02. The molecule has 1 amide bonds. The van der Waals surface area contributed by atoms with Crippen molar-refractivity contribution in [2.75, 3.05) is 25.5 Å². The number of fused-ring (bicyclic) bond motifs is 1. The number of nitrogens with zero attached hydrogens (tertiary/aromatic N) is 4. The minimum absolute atomic E-state index is 0.112. The smallest absolute Gasteiger partial charge is 0.274 e. The molecule has 0 aliphatic carbocycles. The van der Waals surface area contributed by atoms with Crippen molar-refractivity contribution in [1.29, 1.82) is 0 Å². The Morgan fingerprint density at radius 1 is 1.03 bits per heavy atom. The maximum absolute atomic E-state index is 13.3. The fraction of sp³-hybridized carbons (Fsp3) is 0.160. The van der Waals surface area contributed by atoms with E-state index in [0.717, 1.165) is 29.9 Å². The number of hydrogen-bond donors (Lipinski definition) is 2. The van der Waals surface area contributed by atoms with Crippen molar-refractivity contribution in [1.82, 2.24) is 14.7 Å². The molecule has 10 heteroatoms. The van der Waals surface area contributed by atoms with Crippen LogP contribution in [0.2, 0.25) is 0 Å². The van der Waals surface area contributed by atoms with E-state index < -0.39 is 15.9 Å². The molecular weight excluding hydrogens is 464 g/mol. The van der Waals surface area contributed by atoms with Gasteiger partial charge in [-0.25, -0.2) is 18.2 Å². The molecule has 0 unspecified atom stereocenters. The molecule has 1 aromatic heterocycles. The summed E-state index contributed by atoms with van der Waals surface area (Å²) in [5, 5.41) is 14.3. The molecule has 2 heterocycles. The average Bonchev–Trinajstić information content (AvgIpc) is 3.43. The lowest BCUT2D eigenvalue weighted by atomic mass is 10.1. The lowest BCUT2D eigenvalue weighted by Gasteiger charge is -2.15. The number of anilines is 1. The van der Waals surface area contributed by atoms with E-state index >= 15 is 0 Å². The summed E-state index contributed by atoms with van der Waals surface area (Å²) in [7, 11) is -2.10. The molecule has 5 rings (SSSR count). The van der Waals surface area contributed by atoms with Crippen molar-refractivity contribution >= 4 is 38.2 Å². The highest BCUT2D eigenvalue weighted by Crippen LogP contribution is 2.27. The summed E-state index contributed by atoms with van der Waals surface area (Å²) in [4.78, 5) is 19.7. The normalized spacial score (nSPS) is 13.8. The zero-order chi connectivity index (χ0) is 24.7. The Morgan fingerprint density at radius 2 is 1.71 bits per heavy atom. The van der Waals surface area contributed by atoms with Gasteiger partial charge in [0.1, 0.15) is 16.4 Å². The molecule has 0 fully saturated rings. The van der Waals surface area contributed by atoms with E-state index in [-0.39, 0.29) is 16.3 Å². The van der Waals surface area contributed by atoms with Crippen LogP contribution in [0.5, 0.6) is 0 Å². The van der Waals surface area contributed by atoms with Crippen LogP contribution in [0, 0.1) is 6.92 Å². The lowest BCUT2D eigenvalue weighted by Crippen LogP contribution is -2.23. The third-order valence-electron chi connectivity index (χ3n) is 5.89. The van der Waals surface area contributed by atoms with Gasteiger partial charge in [-0.1, -0.05) is 24.3 Å². The maximum Gasteiger partial charge on any atom is 0.274 e. The fourth-order valence-electron chi connectivity index (χ4n) is 4.19. The van der Waals surface area contributed by atoms with Crippen LogP contribution in [0.25, 0.3) is 16.5 Å². The van der Waals surface area contributed by atoms with Gasteiger partial charge in [0.15, 0.2) is 0 Å². The van der Waals surface area contributed by atoms with Gasteiger partial charge in [0.2, 0.25) is 10.0 Å². The molecule has 1 aliphatic rings. The van der Waals surface area contributed by atoms with E-state index in [1.807, 2.05) is 37.4 Å². The summed E-state index contributed by atoms with van der Waals surface area (Å²) >= 11 is 0. The van der Waals surface area contributed by atoms with Crippen molar-refractivity contribution in [3.63, 3.8) is 0 Å². The molecule has 4 aromatic rings. The number of carbonyl (C=O) groups is 1. The Bertz CT molecular complexity index is 1590. The molecule has 0 radical (unpaired) electrons. The standard InChI is InChI=1S/C25H24N6O3S/c1-16-13-22(25(32)28-20-9-7-17(8-10-20)24-27-11-12-30(24)2)31(29-16)21-14-18-5-3-4-6-19(18)15-23(21)35(26,33)34/h3-10,13-15H,11-12H2,1-2H3,(H,28,32)(H2,26,33,34).